The number of aliphatic hydroxyl groups is 3. The molecule has 5 rings (SSSR count). The normalized spacial score (nSPS) is 41.7. The molecule has 1 aromatic heterocycles. The van der Waals surface area contributed by atoms with E-state index in [2.05, 4.69) is 16.9 Å². The number of esters is 1. The topological polar surface area (TPSA) is 159 Å². The van der Waals surface area contributed by atoms with Crippen molar-refractivity contribution in [2.75, 3.05) is 45.7 Å². The highest BCUT2D eigenvalue weighted by atomic mass is 19.4. The van der Waals surface area contributed by atoms with Gasteiger partial charge in [0.2, 0.25) is 5.95 Å². The first kappa shape index (κ1) is 45.9. The lowest BCUT2D eigenvalue weighted by atomic mass is 9.78. The molecule has 4 fully saturated rings. The molecule has 0 amide bonds. The first-order valence-corrected chi connectivity index (χ1v) is 20.4. The number of fused-ring (bicyclic) bond motifs is 3. The van der Waals surface area contributed by atoms with Gasteiger partial charge in [0.15, 0.2) is 12.1 Å². The van der Waals surface area contributed by atoms with E-state index in [1.165, 1.54) is 6.92 Å². The summed E-state index contributed by atoms with van der Waals surface area (Å²) in [6.45, 7) is 15.5. The number of likely N-dealkylation sites (N-methyl/N-ethyl adjacent to an activating group) is 2. The minimum Gasteiger partial charge on any atom is -0.459 e. The van der Waals surface area contributed by atoms with Crippen LogP contribution in [0.25, 0.3) is 0 Å². The van der Waals surface area contributed by atoms with E-state index in [1.54, 1.807) is 18.7 Å². The zero-order chi connectivity index (χ0) is 42.4. The molecular weight excluding hydrogens is 751 g/mol. The Balaban J connectivity index is 1.60. The molecule has 1 spiro atoms. The summed E-state index contributed by atoms with van der Waals surface area (Å²) in [5.74, 6) is -3.68. The Kier molecular flexibility index (Phi) is 14.0. The Hall–Kier alpha value is -2.22. The predicted octanol–water partition coefficient (Wildman–Crippen LogP) is 3.84. The number of rotatable bonds is 5. The van der Waals surface area contributed by atoms with Crippen molar-refractivity contribution >= 4 is 11.9 Å². The standard InChI is InChI=1S/C40H66F3N5O9/c1-12-29-38(8,52)32(50)26(6)47(11)21-22(2)20-37(7)33(55-35-30(49)27(46(9)10)19-23(3)53-35)24(4)31(25(5)34(51)54-29)56-39(57-37)14-17-48(18-15-39)36-44-16-13-28(45-36)40(41,42)43/h13,16,22-27,29-33,35,49-50,52H,12,14-15,17-21H2,1-11H3/t22-,23-,24+,25-,26-,27?,29-,30-,31+,32-,33-,35+,37-,38-/m1/s1. The van der Waals surface area contributed by atoms with Crippen molar-refractivity contribution in [2.45, 2.75) is 166 Å². The summed E-state index contributed by atoms with van der Waals surface area (Å²) < 4.78 is 74.5. The van der Waals surface area contributed by atoms with Crippen LogP contribution in [0, 0.1) is 17.8 Å². The maximum absolute atomic E-state index is 14.3. The maximum atomic E-state index is 14.3. The maximum Gasteiger partial charge on any atom is 0.433 e. The molecule has 1 unspecified atom stereocenters. The SMILES string of the molecule is CC[C@H]1OC(=O)[C@H](C)[C@H]2OC3(CCN(c4nccc(C(F)(F)F)n4)CC3)O[C@](C)(C[C@@H](C)CN(C)[C@H](C)[C@@H](O)[C@]1(C)O)[C@H](O[C@@H]1O[C@H](C)CC(N(C)C)[C@H]1O)[C@H]2C. The Labute approximate surface area is 335 Å². The molecule has 326 valence electrons. The van der Waals surface area contributed by atoms with Crippen molar-refractivity contribution in [3.63, 3.8) is 0 Å². The fourth-order valence-corrected chi connectivity index (χ4v) is 9.63. The Morgan fingerprint density at radius 1 is 1.09 bits per heavy atom. The van der Waals surface area contributed by atoms with E-state index in [-0.39, 0.29) is 56.4 Å². The molecule has 5 heterocycles. The highest BCUT2D eigenvalue weighted by Gasteiger charge is 2.58. The number of anilines is 1. The number of aliphatic hydroxyl groups excluding tert-OH is 2. The van der Waals surface area contributed by atoms with Crippen LogP contribution in [0.3, 0.4) is 0 Å². The van der Waals surface area contributed by atoms with Gasteiger partial charge in [-0.05, 0) is 87.0 Å². The zero-order valence-electron chi connectivity index (χ0n) is 35.4. The second-order valence-electron chi connectivity index (χ2n) is 17.9. The number of hydrogen-bond donors (Lipinski definition) is 3. The summed E-state index contributed by atoms with van der Waals surface area (Å²) in [6, 6.07) is 0.0342. The quantitative estimate of drug-likeness (QED) is 0.368. The van der Waals surface area contributed by atoms with E-state index < -0.39 is 89.5 Å². The first-order valence-electron chi connectivity index (χ1n) is 20.4. The van der Waals surface area contributed by atoms with Crippen LogP contribution < -0.4 is 4.90 Å². The molecule has 3 N–H and O–H groups in total. The third kappa shape index (κ3) is 9.72. The Morgan fingerprint density at radius 2 is 1.74 bits per heavy atom. The molecule has 1 aromatic rings. The third-order valence-electron chi connectivity index (χ3n) is 12.9. The van der Waals surface area contributed by atoms with E-state index in [0.717, 1.165) is 12.3 Å². The average molecular weight is 818 g/mol. The van der Waals surface area contributed by atoms with Crippen LogP contribution in [-0.2, 0) is 34.7 Å². The number of piperidine rings is 1. The summed E-state index contributed by atoms with van der Waals surface area (Å²) in [5, 5.41) is 35.0. The van der Waals surface area contributed by atoms with Gasteiger partial charge in [0.1, 0.15) is 29.6 Å². The Bertz CT molecular complexity index is 1520. The van der Waals surface area contributed by atoms with Crippen LogP contribution in [0.4, 0.5) is 19.1 Å². The predicted molar refractivity (Wildman–Crippen MR) is 204 cm³/mol. The van der Waals surface area contributed by atoms with Crippen LogP contribution in [-0.4, -0.2) is 154 Å². The minimum absolute atomic E-state index is 0.0628. The lowest BCUT2D eigenvalue weighted by Gasteiger charge is -2.49. The Morgan fingerprint density at radius 3 is 2.33 bits per heavy atom. The van der Waals surface area contributed by atoms with Crippen LogP contribution in [0.2, 0.25) is 0 Å². The number of carbonyl (C=O) groups excluding carboxylic acids is 1. The van der Waals surface area contributed by atoms with Crippen molar-refractivity contribution in [3.8, 4) is 0 Å². The van der Waals surface area contributed by atoms with E-state index >= 15 is 0 Å². The molecule has 14 atom stereocenters. The molecule has 0 aromatic carbocycles. The monoisotopic (exact) mass is 817 g/mol. The van der Waals surface area contributed by atoms with Gasteiger partial charge in [0, 0.05) is 56.7 Å². The summed E-state index contributed by atoms with van der Waals surface area (Å²) in [6.07, 6.45) is -8.33. The van der Waals surface area contributed by atoms with Crippen molar-refractivity contribution in [2.24, 2.45) is 17.8 Å². The zero-order valence-corrected chi connectivity index (χ0v) is 35.4. The molecule has 4 aliphatic rings. The van der Waals surface area contributed by atoms with E-state index in [4.69, 9.17) is 23.7 Å². The van der Waals surface area contributed by atoms with Gasteiger partial charge in [-0.2, -0.15) is 13.2 Å². The molecular formula is C40H66F3N5O9. The van der Waals surface area contributed by atoms with Crippen molar-refractivity contribution in [3.05, 3.63) is 18.0 Å². The lowest BCUT2D eigenvalue weighted by molar-refractivity contribution is -0.328. The van der Waals surface area contributed by atoms with E-state index in [1.807, 2.05) is 58.6 Å². The number of ether oxygens (including phenoxy) is 5. The van der Waals surface area contributed by atoms with Gasteiger partial charge < -0.3 is 53.7 Å². The van der Waals surface area contributed by atoms with Crippen LogP contribution in [0.1, 0.15) is 93.2 Å². The third-order valence-corrected chi connectivity index (χ3v) is 12.9. The van der Waals surface area contributed by atoms with Gasteiger partial charge in [-0.15, -0.1) is 0 Å². The van der Waals surface area contributed by atoms with Gasteiger partial charge in [-0.25, -0.2) is 9.97 Å². The molecule has 14 nitrogen and oxygen atoms in total. The first-order chi connectivity index (χ1) is 26.4. The number of halogens is 3. The highest BCUT2D eigenvalue weighted by Crippen LogP contribution is 2.48. The number of aromatic nitrogens is 2. The number of nitrogens with zero attached hydrogens (tertiary/aromatic N) is 5. The minimum atomic E-state index is -4.64. The van der Waals surface area contributed by atoms with E-state index in [0.29, 0.717) is 19.4 Å². The van der Waals surface area contributed by atoms with Crippen molar-refractivity contribution in [1.29, 1.82) is 0 Å². The highest BCUT2D eigenvalue weighted by molar-refractivity contribution is 5.73. The molecule has 17 heteroatoms. The van der Waals surface area contributed by atoms with Gasteiger partial charge in [0.05, 0.1) is 29.8 Å². The largest absolute Gasteiger partial charge is 0.459 e. The fraction of sp³-hybridized carbons (Fsp3) is 0.875. The summed E-state index contributed by atoms with van der Waals surface area (Å²) in [7, 11) is 5.65. The molecule has 2 bridgehead atoms. The van der Waals surface area contributed by atoms with Gasteiger partial charge in [-0.1, -0.05) is 20.8 Å². The molecule has 4 saturated heterocycles. The van der Waals surface area contributed by atoms with E-state index in [9.17, 15) is 33.3 Å². The molecule has 4 aliphatic heterocycles. The molecule has 57 heavy (non-hydrogen) atoms. The van der Waals surface area contributed by atoms with Gasteiger partial charge in [0.25, 0.3) is 0 Å². The number of cyclic esters (lactones) is 1. The summed E-state index contributed by atoms with van der Waals surface area (Å²) in [4.78, 5) is 27.8. The summed E-state index contributed by atoms with van der Waals surface area (Å²) in [5.41, 5.74) is -3.99. The number of carbonyl (C=O) groups is 1. The number of alkyl halides is 3. The fourth-order valence-electron chi connectivity index (χ4n) is 9.63. The van der Waals surface area contributed by atoms with Crippen LogP contribution in [0.5, 0.6) is 0 Å². The van der Waals surface area contributed by atoms with Crippen molar-refractivity contribution in [1.82, 2.24) is 19.8 Å². The van der Waals surface area contributed by atoms with Crippen LogP contribution >= 0.6 is 0 Å². The summed E-state index contributed by atoms with van der Waals surface area (Å²) >= 11 is 0. The lowest BCUT2D eigenvalue weighted by Crippen LogP contribution is -2.60. The van der Waals surface area contributed by atoms with Crippen molar-refractivity contribution < 1.29 is 57.0 Å². The number of hydrogen-bond acceptors (Lipinski definition) is 14. The van der Waals surface area contributed by atoms with Gasteiger partial charge >= 0.3 is 12.1 Å². The second kappa shape index (κ2) is 17.4. The average Bonchev–Trinajstić information content (AvgIpc) is 3.21. The second-order valence-corrected chi connectivity index (χ2v) is 17.9. The van der Waals surface area contributed by atoms with Crippen LogP contribution in [0.15, 0.2) is 12.3 Å². The molecule has 0 radical (unpaired) electrons. The van der Waals surface area contributed by atoms with Gasteiger partial charge in [-0.3, -0.25) is 4.79 Å². The smallest absolute Gasteiger partial charge is 0.433 e. The molecule has 0 aliphatic carbocycles. The molecule has 0 saturated carbocycles.